The van der Waals surface area contributed by atoms with E-state index in [2.05, 4.69) is 20.6 Å². The fourth-order valence-corrected chi connectivity index (χ4v) is 6.46. The summed E-state index contributed by atoms with van der Waals surface area (Å²) in [6.07, 6.45) is 7.82. The van der Waals surface area contributed by atoms with Crippen molar-refractivity contribution in [3.63, 3.8) is 0 Å². The minimum absolute atomic E-state index is 0.168. The number of fused-ring (bicyclic) bond motifs is 1. The standard InChI is InChI=1S/C20H30N6O3S/c1-2-26-19-16(12-23-26)18(24-14-3-5-30(27,28)6-4-14)15(11-22-19)17-9-20(29-25-17)7-13(8-20)10-21/h11-14,27-28H,2-10,21H2,1H3,(H,22,24). The lowest BCUT2D eigenvalue weighted by Gasteiger charge is -2.42. The van der Waals surface area contributed by atoms with Crippen molar-refractivity contribution in [2.75, 3.05) is 23.4 Å². The van der Waals surface area contributed by atoms with Crippen LogP contribution in [0.25, 0.3) is 11.0 Å². The van der Waals surface area contributed by atoms with Gasteiger partial charge in [0.1, 0.15) is 5.60 Å². The molecule has 0 radical (unpaired) electrons. The van der Waals surface area contributed by atoms with Crippen molar-refractivity contribution in [1.82, 2.24) is 14.8 Å². The Balaban J connectivity index is 1.45. The quantitative estimate of drug-likeness (QED) is 0.569. The van der Waals surface area contributed by atoms with Crippen LogP contribution in [-0.2, 0) is 11.4 Å². The first-order chi connectivity index (χ1) is 14.4. The second kappa shape index (κ2) is 7.37. The largest absolute Gasteiger partial charge is 0.389 e. The zero-order valence-corrected chi connectivity index (χ0v) is 18.1. The molecule has 164 valence electrons. The normalized spacial score (nSPS) is 24.5. The van der Waals surface area contributed by atoms with Gasteiger partial charge in [-0.15, -0.1) is 0 Å². The number of aromatic nitrogens is 3. The minimum atomic E-state index is -2.42. The first-order valence-corrected chi connectivity index (χ1v) is 12.6. The first kappa shape index (κ1) is 20.0. The summed E-state index contributed by atoms with van der Waals surface area (Å²) in [7, 11) is -2.42. The van der Waals surface area contributed by atoms with Gasteiger partial charge in [-0.2, -0.15) is 15.7 Å². The molecule has 1 saturated heterocycles. The van der Waals surface area contributed by atoms with E-state index in [0.717, 1.165) is 66.6 Å². The zero-order valence-electron chi connectivity index (χ0n) is 17.3. The highest BCUT2D eigenvalue weighted by Gasteiger charge is 2.50. The van der Waals surface area contributed by atoms with E-state index in [9.17, 15) is 9.11 Å². The molecule has 0 bridgehead atoms. The summed E-state index contributed by atoms with van der Waals surface area (Å²) >= 11 is 0. The zero-order chi connectivity index (χ0) is 20.9. The second-order valence-corrected chi connectivity index (χ2v) is 11.3. The maximum absolute atomic E-state index is 9.97. The van der Waals surface area contributed by atoms with Crippen LogP contribution in [0, 0.1) is 5.92 Å². The monoisotopic (exact) mass is 434 g/mol. The molecule has 9 nitrogen and oxygen atoms in total. The Kier molecular flexibility index (Phi) is 4.92. The maximum Gasteiger partial charge on any atom is 0.159 e. The van der Waals surface area contributed by atoms with E-state index in [-0.39, 0.29) is 11.6 Å². The smallest absolute Gasteiger partial charge is 0.159 e. The third-order valence-corrected chi connectivity index (χ3v) is 8.48. The molecule has 1 spiro atoms. The Hall–Kier alpha value is -1.88. The highest BCUT2D eigenvalue weighted by molar-refractivity contribution is 8.24. The second-order valence-electron chi connectivity index (χ2n) is 8.87. The van der Waals surface area contributed by atoms with Crippen LogP contribution in [0.1, 0.15) is 44.6 Å². The van der Waals surface area contributed by atoms with Gasteiger partial charge in [0.25, 0.3) is 0 Å². The van der Waals surface area contributed by atoms with E-state index in [1.54, 1.807) is 0 Å². The van der Waals surface area contributed by atoms with Gasteiger partial charge in [0.05, 0.1) is 23.0 Å². The Morgan fingerprint density at radius 2 is 2.07 bits per heavy atom. The molecule has 0 amide bonds. The van der Waals surface area contributed by atoms with Crippen molar-refractivity contribution in [1.29, 1.82) is 0 Å². The molecule has 0 atom stereocenters. The number of nitrogens with two attached hydrogens (primary N) is 1. The average molecular weight is 435 g/mol. The van der Waals surface area contributed by atoms with Crippen LogP contribution >= 0.6 is 10.6 Å². The number of hydrogen-bond acceptors (Lipinski definition) is 8. The van der Waals surface area contributed by atoms with E-state index in [1.807, 2.05) is 24.0 Å². The lowest BCUT2D eigenvalue weighted by atomic mass is 9.68. The summed E-state index contributed by atoms with van der Waals surface area (Å²) in [5.41, 5.74) is 9.26. The number of nitrogens with zero attached hydrogens (tertiary/aromatic N) is 4. The number of rotatable bonds is 5. The molecule has 1 aliphatic carbocycles. The van der Waals surface area contributed by atoms with Crippen molar-refractivity contribution >= 4 is 33.0 Å². The molecule has 2 aromatic rings. The Morgan fingerprint density at radius 3 is 2.77 bits per heavy atom. The van der Waals surface area contributed by atoms with Crippen LogP contribution in [-0.4, -0.2) is 59.3 Å². The first-order valence-electron chi connectivity index (χ1n) is 10.7. The van der Waals surface area contributed by atoms with E-state index in [4.69, 9.17) is 10.6 Å². The lowest BCUT2D eigenvalue weighted by molar-refractivity contribution is -0.105. The Labute approximate surface area is 177 Å². The highest BCUT2D eigenvalue weighted by atomic mass is 32.3. The predicted molar refractivity (Wildman–Crippen MR) is 119 cm³/mol. The van der Waals surface area contributed by atoms with Crippen LogP contribution < -0.4 is 11.1 Å². The van der Waals surface area contributed by atoms with Gasteiger partial charge in [-0.3, -0.25) is 9.11 Å². The van der Waals surface area contributed by atoms with Gasteiger partial charge < -0.3 is 15.9 Å². The molecule has 0 aromatic carbocycles. The molecule has 2 aliphatic heterocycles. The summed E-state index contributed by atoms with van der Waals surface area (Å²) in [5.74, 6) is 1.40. The third-order valence-electron chi connectivity index (χ3n) is 6.71. The Morgan fingerprint density at radius 1 is 1.30 bits per heavy atom. The SMILES string of the molecule is CCn1ncc2c(NC3CCS(O)(O)CC3)c(C3=NOC4(C3)CC(CN)C4)cnc21. The third kappa shape index (κ3) is 3.45. The summed E-state index contributed by atoms with van der Waals surface area (Å²) in [6, 6.07) is 0.168. The number of nitrogens with one attached hydrogen (secondary N) is 1. The Bertz CT molecular complexity index is 974. The van der Waals surface area contributed by atoms with Crippen LogP contribution in [0.2, 0.25) is 0 Å². The molecule has 30 heavy (non-hydrogen) atoms. The molecule has 10 heteroatoms. The number of anilines is 1. The van der Waals surface area contributed by atoms with E-state index < -0.39 is 10.6 Å². The van der Waals surface area contributed by atoms with Gasteiger partial charge in [0, 0.05) is 42.3 Å². The van der Waals surface area contributed by atoms with Crippen molar-refractivity contribution in [3.8, 4) is 0 Å². The molecule has 1 saturated carbocycles. The fourth-order valence-electron chi connectivity index (χ4n) is 4.93. The highest BCUT2D eigenvalue weighted by Crippen LogP contribution is 2.48. The maximum atomic E-state index is 9.97. The molecule has 2 fully saturated rings. The van der Waals surface area contributed by atoms with Gasteiger partial charge in [-0.1, -0.05) is 5.16 Å². The van der Waals surface area contributed by atoms with E-state index in [1.165, 1.54) is 0 Å². The van der Waals surface area contributed by atoms with E-state index >= 15 is 0 Å². The molecular weight excluding hydrogens is 404 g/mol. The number of pyridine rings is 1. The number of aryl methyl sites for hydroxylation is 1. The fraction of sp³-hybridized carbons (Fsp3) is 0.650. The summed E-state index contributed by atoms with van der Waals surface area (Å²) in [6.45, 7) is 3.48. The summed E-state index contributed by atoms with van der Waals surface area (Å²) in [5, 5.41) is 13.6. The van der Waals surface area contributed by atoms with Gasteiger partial charge in [0.2, 0.25) is 0 Å². The van der Waals surface area contributed by atoms with Gasteiger partial charge >= 0.3 is 0 Å². The van der Waals surface area contributed by atoms with Gasteiger partial charge in [-0.25, -0.2) is 9.67 Å². The van der Waals surface area contributed by atoms with Crippen molar-refractivity contribution < 1.29 is 13.9 Å². The summed E-state index contributed by atoms with van der Waals surface area (Å²) in [4.78, 5) is 10.6. The van der Waals surface area contributed by atoms with E-state index in [0.29, 0.717) is 24.0 Å². The van der Waals surface area contributed by atoms with Crippen molar-refractivity contribution in [2.24, 2.45) is 16.8 Å². The van der Waals surface area contributed by atoms with Crippen molar-refractivity contribution in [2.45, 2.75) is 57.2 Å². The van der Waals surface area contributed by atoms with Crippen LogP contribution in [0.15, 0.2) is 17.5 Å². The molecule has 3 aliphatic rings. The van der Waals surface area contributed by atoms with Crippen LogP contribution in [0.5, 0.6) is 0 Å². The van der Waals surface area contributed by atoms with Crippen molar-refractivity contribution in [3.05, 3.63) is 18.0 Å². The molecule has 0 unspecified atom stereocenters. The van der Waals surface area contributed by atoms with Crippen LogP contribution in [0.4, 0.5) is 5.69 Å². The molecular formula is C20H30N6O3S. The average Bonchev–Trinajstić information content (AvgIpc) is 3.33. The predicted octanol–water partition coefficient (Wildman–Crippen LogP) is 3.01. The lowest BCUT2D eigenvalue weighted by Crippen LogP contribution is -2.46. The number of oxime groups is 1. The van der Waals surface area contributed by atoms with Gasteiger partial charge in [0.15, 0.2) is 5.65 Å². The molecule has 5 rings (SSSR count). The van der Waals surface area contributed by atoms with Crippen LogP contribution in [0.3, 0.4) is 0 Å². The minimum Gasteiger partial charge on any atom is -0.389 e. The van der Waals surface area contributed by atoms with Gasteiger partial charge in [-0.05, 0) is 45.1 Å². The number of hydrogen-bond donors (Lipinski definition) is 4. The summed E-state index contributed by atoms with van der Waals surface area (Å²) < 4.78 is 21.8. The molecule has 4 heterocycles. The topological polar surface area (TPSA) is 131 Å². The molecule has 2 aromatic heterocycles. The molecule has 5 N–H and O–H groups in total.